The van der Waals surface area contributed by atoms with Gasteiger partial charge < -0.3 is 77.2 Å². The maximum absolute atomic E-state index is 14.8. The van der Waals surface area contributed by atoms with E-state index in [1.807, 2.05) is 0 Å². The Morgan fingerprint density at radius 2 is 0.587 bits per heavy atom. The second-order valence-corrected chi connectivity index (χ2v) is 19.2. The standard InChI is InChI=1S/C57H63N3O15/c1-4-43(58-49(67)37-25-16-28-40(61)46(37)64)55(73)52(70,31-34-19-10-7-11-20-34)56(74,44(5-2)59-50(68)38-26-17-29-41(62)47(38)65)54(72,33-36-23-14-9-15-24-36)57(75,53(55,71)32-35-21-12-8-13-22-35)45(6-3)60-51(69)39-27-18-30-42(63)48(39)66/h7-30,43-45,61-66,70-75H,4-6,31-33H2,1-3H3,(H,58,67)(H,59,68)(H,60,69). The first kappa shape index (κ1) is 55.0. The van der Waals surface area contributed by atoms with Crippen LogP contribution >= 0.6 is 0 Å². The molecule has 1 saturated carbocycles. The molecule has 0 aliphatic heterocycles. The van der Waals surface area contributed by atoms with Gasteiger partial charge in [0.05, 0.1) is 34.8 Å². The number of rotatable bonds is 18. The van der Waals surface area contributed by atoms with Gasteiger partial charge in [0.25, 0.3) is 17.7 Å². The number of hydrogen-bond acceptors (Lipinski definition) is 15. The quantitative estimate of drug-likeness (QED) is 0.0542. The highest BCUT2D eigenvalue weighted by molar-refractivity contribution is 5.99. The lowest BCUT2D eigenvalue weighted by Gasteiger charge is -2.76. The topological polar surface area (TPSA) is 330 Å². The maximum atomic E-state index is 14.8. The first-order valence-corrected chi connectivity index (χ1v) is 24.5. The highest BCUT2D eigenvalue weighted by Crippen LogP contribution is 2.65. The molecule has 0 heterocycles. The van der Waals surface area contributed by atoms with E-state index < -0.39 is 159 Å². The molecule has 1 aliphatic rings. The highest BCUT2D eigenvalue weighted by Gasteiger charge is 2.91. The molecule has 18 nitrogen and oxygen atoms in total. The summed E-state index contributed by atoms with van der Waals surface area (Å²) in [5, 5.41) is 161. The molecule has 0 spiro atoms. The molecule has 15 N–H and O–H groups in total. The van der Waals surface area contributed by atoms with Crippen molar-refractivity contribution in [3.05, 3.63) is 179 Å². The van der Waals surface area contributed by atoms with Gasteiger partial charge in [-0.15, -0.1) is 0 Å². The average Bonchev–Trinajstić information content (AvgIpc) is 3.48. The molecule has 6 aromatic carbocycles. The lowest BCUT2D eigenvalue weighted by atomic mass is 9.37. The van der Waals surface area contributed by atoms with Gasteiger partial charge in [0.2, 0.25) is 0 Å². The minimum Gasteiger partial charge on any atom is -0.504 e. The molecule has 0 bridgehead atoms. The van der Waals surface area contributed by atoms with E-state index in [9.17, 15) is 75.7 Å². The summed E-state index contributed by atoms with van der Waals surface area (Å²) in [6, 6.07) is 27.0. The van der Waals surface area contributed by atoms with Crippen molar-refractivity contribution in [2.45, 2.75) is 111 Å². The number of carbonyl (C=O) groups excluding carboxylic acids is 3. The minimum absolute atomic E-state index is 0.115. The van der Waals surface area contributed by atoms with Crippen LogP contribution in [0.5, 0.6) is 34.5 Å². The molecule has 7 rings (SSSR count). The first-order valence-electron chi connectivity index (χ1n) is 24.5. The van der Waals surface area contributed by atoms with Crippen molar-refractivity contribution in [3.8, 4) is 34.5 Å². The van der Waals surface area contributed by atoms with Crippen molar-refractivity contribution in [1.82, 2.24) is 16.0 Å². The van der Waals surface area contributed by atoms with Crippen molar-refractivity contribution in [2.24, 2.45) is 0 Å². The van der Waals surface area contributed by atoms with Crippen LogP contribution in [0.2, 0.25) is 0 Å². The Labute approximate surface area is 432 Å². The van der Waals surface area contributed by atoms with E-state index in [-0.39, 0.29) is 16.7 Å². The third-order valence-corrected chi connectivity index (χ3v) is 15.1. The Hall–Kier alpha value is -7.71. The molecule has 6 aromatic rings. The summed E-state index contributed by atoms with van der Waals surface area (Å²) in [4.78, 5) is 44.0. The van der Waals surface area contributed by atoms with E-state index >= 15 is 0 Å². The zero-order valence-corrected chi connectivity index (χ0v) is 41.4. The molecular weight excluding hydrogens is 967 g/mol. The predicted molar refractivity (Wildman–Crippen MR) is 274 cm³/mol. The summed E-state index contributed by atoms with van der Waals surface area (Å²) in [6.45, 7) is 4.23. The van der Waals surface area contributed by atoms with Gasteiger partial charge in [-0.25, -0.2) is 0 Å². The number of benzene rings is 6. The second kappa shape index (κ2) is 21.3. The van der Waals surface area contributed by atoms with E-state index in [1.165, 1.54) is 75.4 Å². The summed E-state index contributed by atoms with van der Waals surface area (Å²) in [5.41, 5.74) is -23.2. The molecule has 0 radical (unpaired) electrons. The van der Waals surface area contributed by atoms with Crippen molar-refractivity contribution in [1.29, 1.82) is 0 Å². The summed E-state index contributed by atoms with van der Waals surface area (Å²) >= 11 is 0. The Kier molecular flexibility index (Phi) is 15.6. The second-order valence-electron chi connectivity index (χ2n) is 19.2. The number of phenols is 6. The smallest absolute Gasteiger partial charge is 0.255 e. The fraction of sp³-hybridized carbons (Fsp3) is 0.316. The van der Waals surface area contributed by atoms with Gasteiger partial charge in [0.15, 0.2) is 34.5 Å². The van der Waals surface area contributed by atoms with Crippen molar-refractivity contribution in [3.63, 3.8) is 0 Å². The van der Waals surface area contributed by atoms with Crippen LogP contribution in [0.25, 0.3) is 0 Å². The fourth-order valence-electron chi connectivity index (χ4n) is 11.5. The zero-order valence-electron chi connectivity index (χ0n) is 41.4. The van der Waals surface area contributed by atoms with Gasteiger partial charge in [-0.05, 0) is 72.4 Å². The van der Waals surface area contributed by atoms with Crippen LogP contribution in [0.15, 0.2) is 146 Å². The molecule has 3 amide bonds. The number of carbonyl (C=O) groups is 3. The zero-order chi connectivity index (χ0) is 54.7. The molecule has 75 heavy (non-hydrogen) atoms. The normalized spacial score (nSPS) is 25.6. The largest absolute Gasteiger partial charge is 0.504 e. The summed E-state index contributed by atoms with van der Waals surface area (Å²) in [7, 11) is 0. The fourth-order valence-corrected chi connectivity index (χ4v) is 11.5. The summed E-state index contributed by atoms with van der Waals surface area (Å²) < 4.78 is 0. The van der Waals surface area contributed by atoms with Crippen LogP contribution in [0.3, 0.4) is 0 Å². The third kappa shape index (κ3) is 8.92. The molecular formula is C57H63N3O15. The summed E-state index contributed by atoms with van der Waals surface area (Å²) in [6.07, 6.45) is -4.46. The first-order chi connectivity index (χ1) is 35.5. The third-order valence-electron chi connectivity index (χ3n) is 15.1. The molecule has 3 unspecified atom stereocenters. The monoisotopic (exact) mass is 1030 g/mol. The Morgan fingerprint density at radius 1 is 0.360 bits per heavy atom. The Balaban J connectivity index is 1.68. The minimum atomic E-state index is -3.69. The van der Waals surface area contributed by atoms with Gasteiger partial charge in [0, 0.05) is 19.3 Å². The van der Waals surface area contributed by atoms with Gasteiger partial charge >= 0.3 is 0 Å². The molecule has 0 saturated heterocycles. The Morgan fingerprint density at radius 3 is 0.800 bits per heavy atom. The molecule has 396 valence electrons. The number of amides is 3. The van der Waals surface area contributed by atoms with Crippen LogP contribution in [-0.4, -0.2) is 131 Å². The van der Waals surface area contributed by atoms with Crippen LogP contribution in [0.1, 0.15) is 87.8 Å². The number of aliphatic hydroxyl groups is 6. The predicted octanol–water partition coefficient (Wildman–Crippen LogP) is 3.97. The average molecular weight is 1030 g/mol. The van der Waals surface area contributed by atoms with Crippen molar-refractivity contribution < 1.29 is 75.7 Å². The lowest BCUT2D eigenvalue weighted by Crippen LogP contribution is -3.02. The van der Waals surface area contributed by atoms with E-state index in [1.54, 1.807) is 54.6 Å². The van der Waals surface area contributed by atoms with Gasteiger partial charge in [-0.3, -0.25) is 14.4 Å². The number of phenolic OH excluding ortho intramolecular Hbond substituents is 6. The number of hydrogen-bond donors (Lipinski definition) is 15. The van der Waals surface area contributed by atoms with E-state index in [0.29, 0.717) is 0 Å². The van der Waals surface area contributed by atoms with E-state index in [2.05, 4.69) is 16.0 Å². The SMILES string of the molecule is CCC(NC(=O)c1cccc(O)c1O)C1(O)C(O)(Cc2ccccc2)C(O)(C(CC)NC(=O)c2cccc(O)c2O)C(O)(Cc2ccccc2)C(O)(C(CC)NC(=O)c2cccc(O)c2O)C1(O)Cc1ccccc1. The Bertz CT molecular complexity index is 2680. The number of aromatic hydroxyl groups is 6. The lowest BCUT2D eigenvalue weighted by molar-refractivity contribution is -0.450. The number of para-hydroxylation sites is 3. The van der Waals surface area contributed by atoms with Crippen LogP contribution in [0.4, 0.5) is 0 Å². The van der Waals surface area contributed by atoms with E-state index in [4.69, 9.17) is 0 Å². The van der Waals surface area contributed by atoms with Crippen molar-refractivity contribution in [2.75, 3.05) is 0 Å². The molecule has 3 atom stereocenters. The van der Waals surface area contributed by atoms with Gasteiger partial charge in [-0.1, -0.05) is 130 Å². The van der Waals surface area contributed by atoms with Crippen molar-refractivity contribution >= 4 is 17.7 Å². The van der Waals surface area contributed by atoms with Crippen LogP contribution in [-0.2, 0) is 19.3 Å². The summed E-state index contributed by atoms with van der Waals surface area (Å²) in [5.74, 6) is -8.53. The van der Waals surface area contributed by atoms with Crippen LogP contribution < -0.4 is 16.0 Å². The highest BCUT2D eigenvalue weighted by atomic mass is 16.5. The van der Waals surface area contributed by atoms with Crippen LogP contribution in [0, 0.1) is 0 Å². The molecule has 1 aliphatic carbocycles. The molecule has 18 heteroatoms. The number of nitrogens with one attached hydrogen (secondary N) is 3. The molecule has 1 fully saturated rings. The maximum Gasteiger partial charge on any atom is 0.255 e. The molecule has 0 aromatic heterocycles. The van der Waals surface area contributed by atoms with Gasteiger partial charge in [-0.2, -0.15) is 0 Å². The van der Waals surface area contributed by atoms with E-state index in [0.717, 1.165) is 36.4 Å². The van der Waals surface area contributed by atoms with Gasteiger partial charge in [0.1, 0.15) is 33.6 Å².